The normalized spacial score (nSPS) is 12.5. The summed E-state index contributed by atoms with van der Waals surface area (Å²) in [4.78, 5) is 8.73. The first-order valence-electron chi connectivity index (χ1n) is 6.62. The van der Waals surface area contributed by atoms with E-state index in [2.05, 4.69) is 38.1 Å². The molecule has 21 heavy (non-hydrogen) atoms. The van der Waals surface area contributed by atoms with Crippen molar-refractivity contribution in [3.63, 3.8) is 0 Å². The molecule has 0 aliphatic carbocycles. The zero-order valence-corrected chi connectivity index (χ0v) is 13.0. The van der Waals surface area contributed by atoms with Crippen LogP contribution in [0.4, 0.5) is 10.2 Å². The molecule has 0 radical (unpaired) electrons. The molecule has 0 saturated carbocycles. The topological polar surface area (TPSA) is 42.2 Å². The molecule has 0 fully saturated rings. The predicted octanol–water partition coefficient (Wildman–Crippen LogP) is 3.67. The standard InChI is InChI=1S/C15H14BrFN4/c1-10(8-11-2-4-12(17)5-3-11)19-14-15-18-6-7-21(15)9-13(16)20-14/h2-7,9-10H,8H2,1H3,(H,19,20). The van der Waals surface area contributed by atoms with Crippen LogP contribution in [0.15, 0.2) is 47.5 Å². The van der Waals surface area contributed by atoms with Gasteiger partial charge in [-0.1, -0.05) is 12.1 Å². The minimum atomic E-state index is -0.216. The first-order valence-corrected chi connectivity index (χ1v) is 7.41. The molecule has 1 atom stereocenters. The van der Waals surface area contributed by atoms with Crippen LogP contribution in [0.25, 0.3) is 5.65 Å². The molecule has 1 aromatic carbocycles. The molecule has 4 nitrogen and oxygen atoms in total. The molecule has 0 saturated heterocycles. The van der Waals surface area contributed by atoms with E-state index in [1.807, 2.05) is 16.8 Å². The van der Waals surface area contributed by atoms with Crippen LogP contribution >= 0.6 is 15.9 Å². The zero-order chi connectivity index (χ0) is 14.8. The molecule has 0 aliphatic heterocycles. The predicted molar refractivity (Wildman–Crippen MR) is 83.9 cm³/mol. The molecule has 0 bridgehead atoms. The average molecular weight is 349 g/mol. The van der Waals surface area contributed by atoms with E-state index in [-0.39, 0.29) is 11.9 Å². The fourth-order valence-electron chi connectivity index (χ4n) is 2.26. The van der Waals surface area contributed by atoms with Gasteiger partial charge in [0.2, 0.25) is 0 Å². The smallest absolute Gasteiger partial charge is 0.180 e. The summed E-state index contributed by atoms with van der Waals surface area (Å²) in [5, 5.41) is 3.36. The summed E-state index contributed by atoms with van der Waals surface area (Å²) in [7, 11) is 0. The molecule has 6 heteroatoms. The highest BCUT2D eigenvalue weighted by Crippen LogP contribution is 2.18. The van der Waals surface area contributed by atoms with Gasteiger partial charge in [0, 0.05) is 24.6 Å². The van der Waals surface area contributed by atoms with Crippen LogP contribution in [-0.4, -0.2) is 20.4 Å². The quantitative estimate of drug-likeness (QED) is 0.782. The Hall–Kier alpha value is -1.95. The maximum Gasteiger partial charge on any atom is 0.180 e. The number of imidazole rings is 1. The number of anilines is 1. The third-order valence-electron chi connectivity index (χ3n) is 3.18. The van der Waals surface area contributed by atoms with Crippen molar-refractivity contribution in [2.45, 2.75) is 19.4 Å². The zero-order valence-electron chi connectivity index (χ0n) is 11.4. The van der Waals surface area contributed by atoms with Crippen molar-refractivity contribution in [3.05, 3.63) is 58.8 Å². The van der Waals surface area contributed by atoms with Crippen molar-refractivity contribution in [1.29, 1.82) is 0 Å². The lowest BCUT2D eigenvalue weighted by atomic mass is 10.1. The Bertz CT molecular complexity index is 754. The molecule has 3 aromatic rings. The largest absolute Gasteiger partial charge is 0.364 e. The number of nitrogens with one attached hydrogen (secondary N) is 1. The molecular weight excluding hydrogens is 335 g/mol. The van der Waals surface area contributed by atoms with Crippen LogP contribution in [0.1, 0.15) is 12.5 Å². The summed E-state index contributed by atoms with van der Waals surface area (Å²) in [5.41, 5.74) is 1.86. The van der Waals surface area contributed by atoms with Crippen LogP contribution < -0.4 is 5.32 Å². The number of benzene rings is 1. The molecule has 1 unspecified atom stereocenters. The number of halogens is 2. The number of aromatic nitrogens is 3. The minimum absolute atomic E-state index is 0.151. The van der Waals surface area contributed by atoms with E-state index in [9.17, 15) is 4.39 Å². The van der Waals surface area contributed by atoms with Gasteiger partial charge >= 0.3 is 0 Å². The number of fused-ring (bicyclic) bond motifs is 1. The van der Waals surface area contributed by atoms with Crippen LogP contribution in [0.2, 0.25) is 0 Å². The van der Waals surface area contributed by atoms with Gasteiger partial charge in [0.25, 0.3) is 0 Å². The summed E-state index contributed by atoms with van der Waals surface area (Å²) < 4.78 is 15.6. The van der Waals surface area contributed by atoms with Gasteiger partial charge in [-0.25, -0.2) is 14.4 Å². The Morgan fingerprint density at radius 2 is 2.10 bits per heavy atom. The first kappa shape index (κ1) is 14.0. The van der Waals surface area contributed by atoms with Crippen LogP contribution in [-0.2, 0) is 6.42 Å². The van der Waals surface area contributed by atoms with E-state index in [1.165, 1.54) is 12.1 Å². The molecule has 1 N–H and O–H groups in total. The lowest BCUT2D eigenvalue weighted by Gasteiger charge is -2.15. The second-order valence-electron chi connectivity index (χ2n) is 4.95. The second-order valence-corrected chi connectivity index (χ2v) is 5.76. The van der Waals surface area contributed by atoms with Crippen LogP contribution in [0.3, 0.4) is 0 Å². The third-order valence-corrected chi connectivity index (χ3v) is 3.57. The molecule has 108 valence electrons. The van der Waals surface area contributed by atoms with Crippen molar-refractivity contribution in [1.82, 2.24) is 14.4 Å². The molecule has 0 spiro atoms. The number of hydrogen-bond donors (Lipinski definition) is 1. The summed E-state index contributed by atoms with van der Waals surface area (Å²) in [5.74, 6) is 0.510. The van der Waals surface area contributed by atoms with Crippen LogP contribution in [0.5, 0.6) is 0 Å². The Morgan fingerprint density at radius 3 is 2.86 bits per heavy atom. The highest BCUT2D eigenvalue weighted by Gasteiger charge is 2.10. The van der Waals surface area contributed by atoms with Gasteiger partial charge < -0.3 is 9.72 Å². The summed E-state index contributed by atoms with van der Waals surface area (Å²) >= 11 is 3.39. The van der Waals surface area contributed by atoms with E-state index in [1.54, 1.807) is 18.3 Å². The van der Waals surface area contributed by atoms with E-state index in [4.69, 9.17) is 0 Å². The molecule has 0 amide bonds. The fourth-order valence-corrected chi connectivity index (χ4v) is 2.65. The Labute approximate surface area is 130 Å². The van der Waals surface area contributed by atoms with E-state index in [0.717, 1.165) is 28.1 Å². The summed E-state index contributed by atoms with van der Waals surface area (Å²) in [6.45, 7) is 2.06. The van der Waals surface area contributed by atoms with E-state index < -0.39 is 0 Å². The van der Waals surface area contributed by atoms with Crippen molar-refractivity contribution in [2.24, 2.45) is 0 Å². The Balaban J connectivity index is 1.78. The average Bonchev–Trinajstić information content (AvgIpc) is 2.89. The lowest BCUT2D eigenvalue weighted by molar-refractivity contribution is 0.626. The monoisotopic (exact) mass is 348 g/mol. The van der Waals surface area contributed by atoms with Gasteiger partial charge in [-0.15, -0.1) is 0 Å². The maximum absolute atomic E-state index is 12.9. The SMILES string of the molecule is CC(Cc1ccc(F)cc1)Nc1nc(Br)cn2ccnc12. The van der Waals surface area contributed by atoms with Crippen molar-refractivity contribution < 1.29 is 4.39 Å². The lowest BCUT2D eigenvalue weighted by Crippen LogP contribution is -2.19. The van der Waals surface area contributed by atoms with Crippen molar-refractivity contribution in [3.8, 4) is 0 Å². The third kappa shape index (κ3) is 3.21. The highest BCUT2D eigenvalue weighted by molar-refractivity contribution is 9.10. The van der Waals surface area contributed by atoms with Gasteiger partial charge in [0.1, 0.15) is 10.4 Å². The molecule has 2 aromatic heterocycles. The molecular formula is C15H14BrFN4. The summed E-state index contributed by atoms with van der Waals surface area (Å²) in [6, 6.07) is 6.70. The van der Waals surface area contributed by atoms with E-state index >= 15 is 0 Å². The van der Waals surface area contributed by atoms with Gasteiger partial charge in [-0.05, 0) is 47.0 Å². The van der Waals surface area contributed by atoms with Crippen molar-refractivity contribution >= 4 is 27.4 Å². The number of hydrogen-bond acceptors (Lipinski definition) is 3. The van der Waals surface area contributed by atoms with Crippen LogP contribution in [0, 0.1) is 5.82 Å². The number of nitrogens with zero attached hydrogens (tertiary/aromatic N) is 3. The van der Waals surface area contributed by atoms with E-state index in [0.29, 0.717) is 0 Å². The number of rotatable bonds is 4. The molecule has 0 aliphatic rings. The maximum atomic E-state index is 12.9. The fraction of sp³-hybridized carbons (Fsp3) is 0.200. The first-order chi connectivity index (χ1) is 10.1. The Morgan fingerprint density at radius 1 is 1.33 bits per heavy atom. The minimum Gasteiger partial charge on any atom is -0.364 e. The molecule has 3 rings (SSSR count). The summed E-state index contributed by atoms with van der Waals surface area (Å²) in [6.07, 6.45) is 6.25. The van der Waals surface area contributed by atoms with Crippen molar-refractivity contribution in [2.75, 3.05) is 5.32 Å². The molecule has 2 heterocycles. The van der Waals surface area contributed by atoms with Gasteiger partial charge in [-0.3, -0.25) is 0 Å². The highest BCUT2D eigenvalue weighted by atomic mass is 79.9. The second kappa shape index (κ2) is 5.81. The Kier molecular flexibility index (Phi) is 3.88. The van der Waals surface area contributed by atoms with Gasteiger partial charge in [0.05, 0.1) is 0 Å². The van der Waals surface area contributed by atoms with Gasteiger partial charge in [-0.2, -0.15) is 0 Å². The van der Waals surface area contributed by atoms with Gasteiger partial charge in [0.15, 0.2) is 11.5 Å².